The van der Waals surface area contributed by atoms with Gasteiger partial charge in [0, 0.05) is 6.54 Å². The highest BCUT2D eigenvalue weighted by atomic mass is 32.2. The topological polar surface area (TPSA) is 45.0 Å². The van der Waals surface area contributed by atoms with Gasteiger partial charge in [0.1, 0.15) is 11.8 Å². The van der Waals surface area contributed by atoms with Crippen LogP contribution in [0.25, 0.3) is 0 Å². The van der Waals surface area contributed by atoms with Crippen LogP contribution in [0.2, 0.25) is 0 Å². The van der Waals surface area contributed by atoms with E-state index in [0.29, 0.717) is 11.3 Å². The highest BCUT2D eigenvalue weighted by Crippen LogP contribution is 2.19. The summed E-state index contributed by atoms with van der Waals surface area (Å²) in [5.41, 5.74) is 1.74. The SMILES string of the molecule is COc1cc(CNCCCCCSC)ccc1C#N. The van der Waals surface area contributed by atoms with Gasteiger partial charge >= 0.3 is 0 Å². The summed E-state index contributed by atoms with van der Waals surface area (Å²) in [5, 5.41) is 12.3. The van der Waals surface area contributed by atoms with Gasteiger partial charge in [-0.25, -0.2) is 0 Å². The van der Waals surface area contributed by atoms with Crippen LogP contribution in [0.3, 0.4) is 0 Å². The monoisotopic (exact) mass is 278 g/mol. The molecule has 0 heterocycles. The van der Waals surface area contributed by atoms with Crippen molar-refractivity contribution < 1.29 is 4.74 Å². The summed E-state index contributed by atoms with van der Waals surface area (Å²) in [5.74, 6) is 1.91. The number of methoxy groups -OCH3 is 1. The molecule has 0 radical (unpaired) electrons. The molecule has 104 valence electrons. The highest BCUT2D eigenvalue weighted by molar-refractivity contribution is 7.98. The second-order valence-corrected chi connectivity index (χ2v) is 5.36. The van der Waals surface area contributed by atoms with Crippen LogP contribution >= 0.6 is 11.8 Å². The van der Waals surface area contributed by atoms with Crippen molar-refractivity contribution in [3.63, 3.8) is 0 Å². The van der Waals surface area contributed by atoms with Crippen molar-refractivity contribution in [2.24, 2.45) is 0 Å². The van der Waals surface area contributed by atoms with E-state index in [4.69, 9.17) is 10.00 Å². The van der Waals surface area contributed by atoms with Gasteiger partial charge < -0.3 is 10.1 Å². The zero-order valence-electron chi connectivity index (χ0n) is 11.7. The highest BCUT2D eigenvalue weighted by Gasteiger charge is 2.03. The fraction of sp³-hybridized carbons (Fsp3) is 0.533. The summed E-state index contributed by atoms with van der Waals surface area (Å²) in [6.07, 6.45) is 5.95. The van der Waals surface area contributed by atoms with Crippen LogP contribution in [0, 0.1) is 11.3 Å². The summed E-state index contributed by atoms with van der Waals surface area (Å²) < 4.78 is 5.20. The Bertz CT molecular complexity index is 415. The second kappa shape index (κ2) is 9.71. The minimum atomic E-state index is 0.586. The average Bonchev–Trinajstić information content (AvgIpc) is 2.46. The Morgan fingerprint density at radius 1 is 1.32 bits per heavy atom. The molecule has 1 aromatic rings. The number of nitrogens with one attached hydrogen (secondary N) is 1. The third-order valence-corrected chi connectivity index (χ3v) is 3.61. The van der Waals surface area contributed by atoms with Crippen molar-refractivity contribution in [2.75, 3.05) is 25.7 Å². The standard InChI is InChI=1S/C15H22N2OS/c1-18-15-10-13(6-7-14(15)11-16)12-17-8-4-3-5-9-19-2/h6-7,10,17H,3-5,8-9,12H2,1-2H3. The molecular formula is C15H22N2OS. The smallest absolute Gasteiger partial charge is 0.136 e. The fourth-order valence-corrected chi connectivity index (χ4v) is 2.34. The van der Waals surface area contributed by atoms with Crippen molar-refractivity contribution in [3.8, 4) is 11.8 Å². The van der Waals surface area contributed by atoms with Crippen molar-refractivity contribution in [2.45, 2.75) is 25.8 Å². The Morgan fingerprint density at radius 3 is 2.84 bits per heavy atom. The van der Waals surface area contributed by atoms with E-state index in [1.807, 2.05) is 30.0 Å². The number of unbranched alkanes of at least 4 members (excludes halogenated alkanes) is 2. The summed E-state index contributed by atoms with van der Waals surface area (Å²) >= 11 is 1.91. The summed E-state index contributed by atoms with van der Waals surface area (Å²) in [6.45, 7) is 1.86. The lowest BCUT2D eigenvalue weighted by atomic mass is 10.1. The molecule has 4 heteroatoms. The number of hydrogen-bond donors (Lipinski definition) is 1. The lowest BCUT2D eigenvalue weighted by Crippen LogP contribution is -2.14. The van der Waals surface area contributed by atoms with E-state index >= 15 is 0 Å². The first kappa shape index (κ1) is 15.9. The van der Waals surface area contributed by atoms with Crippen LogP contribution in [0.5, 0.6) is 5.75 Å². The predicted octanol–water partition coefficient (Wildman–Crippen LogP) is 3.19. The molecule has 0 atom stereocenters. The summed E-state index contributed by atoms with van der Waals surface area (Å²) in [4.78, 5) is 0. The van der Waals surface area contributed by atoms with Gasteiger partial charge in [-0.3, -0.25) is 0 Å². The van der Waals surface area contributed by atoms with Gasteiger partial charge in [-0.05, 0) is 49.1 Å². The molecule has 1 rings (SSSR count). The molecule has 0 saturated heterocycles. The maximum Gasteiger partial charge on any atom is 0.136 e. The molecule has 1 N–H and O–H groups in total. The third-order valence-electron chi connectivity index (χ3n) is 2.92. The largest absolute Gasteiger partial charge is 0.495 e. The van der Waals surface area contributed by atoms with Crippen LogP contribution in [0.4, 0.5) is 0 Å². The number of nitriles is 1. The number of thioether (sulfide) groups is 1. The molecule has 0 aliphatic carbocycles. The molecule has 0 bridgehead atoms. The van der Waals surface area contributed by atoms with E-state index in [2.05, 4.69) is 17.6 Å². The average molecular weight is 278 g/mol. The third kappa shape index (κ3) is 6.00. The van der Waals surface area contributed by atoms with E-state index in [9.17, 15) is 0 Å². The van der Waals surface area contributed by atoms with Gasteiger partial charge in [0.15, 0.2) is 0 Å². The Hall–Kier alpha value is -1.18. The Morgan fingerprint density at radius 2 is 2.16 bits per heavy atom. The Kier molecular flexibility index (Phi) is 8.11. The molecule has 1 aromatic carbocycles. The number of hydrogen-bond acceptors (Lipinski definition) is 4. The first-order chi connectivity index (χ1) is 9.31. The second-order valence-electron chi connectivity index (χ2n) is 4.38. The van der Waals surface area contributed by atoms with Crippen molar-refractivity contribution in [1.29, 1.82) is 5.26 Å². The predicted molar refractivity (Wildman–Crippen MR) is 81.6 cm³/mol. The van der Waals surface area contributed by atoms with Gasteiger partial charge in [0.25, 0.3) is 0 Å². The van der Waals surface area contributed by atoms with Crippen LogP contribution < -0.4 is 10.1 Å². The van der Waals surface area contributed by atoms with Crippen LogP contribution in [0.1, 0.15) is 30.4 Å². The van der Waals surface area contributed by atoms with Crippen LogP contribution in [-0.4, -0.2) is 25.7 Å². The number of ether oxygens (including phenoxy) is 1. The molecular weight excluding hydrogens is 256 g/mol. The van der Waals surface area contributed by atoms with E-state index in [0.717, 1.165) is 18.7 Å². The molecule has 0 aliphatic rings. The normalized spacial score (nSPS) is 10.2. The first-order valence-electron chi connectivity index (χ1n) is 6.58. The molecule has 0 spiro atoms. The molecule has 0 fully saturated rings. The van der Waals surface area contributed by atoms with Gasteiger partial charge in [-0.2, -0.15) is 17.0 Å². The van der Waals surface area contributed by atoms with Crippen molar-refractivity contribution >= 4 is 11.8 Å². The lowest BCUT2D eigenvalue weighted by Gasteiger charge is -2.08. The number of benzene rings is 1. The maximum atomic E-state index is 8.91. The van der Waals surface area contributed by atoms with Gasteiger partial charge in [-0.15, -0.1) is 0 Å². The van der Waals surface area contributed by atoms with Gasteiger partial charge in [0.2, 0.25) is 0 Å². The summed E-state index contributed by atoms with van der Waals surface area (Å²) in [7, 11) is 1.60. The molecule has 3 nitrogen and oxygen atoms in total. The van der Waals surface area contributed by atoms with E-state index < -0.39 is 0 Å². The zero-order valence-corrected chi connectivity index (χ0v) is 12.6. The number of nitrogens with zero attached hydrogens (tertiary/aromatic N) is 1. The van der Waals surface area contributed by atoms with Gasteiger partial charge in [0.05, 0.1) is 12.7 Å². The molecule has 0 aliphatic heterocycles. The van der Waals surface area contributed by atoms with E-state index in [1.165, 1.54) is 25.0 Å². The first-order valence-corrected chi connectivity index (χ1v) is 7.98. The molecule has 0 amide bonds. The summed E-state index contributed by atoms with van der Waals surface area (Å²) in [6, 6.07) is 7.84. The molecule has 19 heavy (non-hydrogen) atoms. The van der Waals surface area contributed by atoms with E-state index in [1.54, 1.807) is 7.11 Å². The molecule has 0 saturated carbocycles. The molecule has 0 unspecified atom stereocenters. The van der Waals surface area contributed by atoms with Crippen LogP contribution in [-0.2, 0) is 6.54 Å². The maximum absolute atomic E-state index is 8.91. The quantitative estimate of drug-likeness (QED) is 0.705. The zero-order chi connectivity index (χ0) is 13.9. The fourth-order valence-electron chi connectivity index (χ4n) is 1.84. The Labute approximate surface area is 120 Å². The van der Waals surface area contributed by atoms with Crippen LogP contribution in [0.15, 0.2) is 18.2 Å². The minimum absolute atomic E-state index is 0.586. The van der Waals surface area contributed by atoms with Crippen molar-refractivity contribution in [3.05, 3.63) is 29.3 Å². The Balaban J connectivity index is 2.28. The minimum Gasteiger partial charge on any atom is -0.495 e. The van der Waals surface area contributed by atoms with E-state index in [-0.39, 0.29) is 0 Å². The molecule has 0 aromatic heterocycles. The lowest BCUT2D eigenvalue weighted by molar-refractivity contribution is 0.412. The number of rotatable bonds is 9. The van der Waals surface area contributed by atoms with Crippen molar-refractivity contribution in [1.82, 2.24) is 5.32 Å². The van der Waals surface area contributed by atoms with Gasteiger partial charge in [-0.1, -0.05) is 12.5 Å².